The molecule has 4 heteroatoms. The van der Waals surface area contributed by atoms with Gasteiger partial charge in [-0.1, -0.05) is 11.6 Å². The SMILES string of the molecule is CC(Oc1ccc(Cl)cc1)C(=O)I. The van der Waals surface area contributed by atoms with Gasteiger partial charge in [-0.25, -0.2) is 0 Å². The van der Waals surface area contributed by atoms with E-state index in [4.69, 9.17) is 16.3 Å². The third-order valence-electron chi connectivity index (χ3n) is 1.45. The summed E-state index contributed by atoms with van der Waals surface area (Å²) in [6, 6.07) is 6.92. The molecule has 0 N–H and O–H groups in total. The number of halogens is 2. The van der Waals surface area contributed by atoms with Gasteiger partial charge in [-0.15, -0.1) is 0 Å². The number of rotatable bonds is 3. The van der Waals surface area contributed by atoms with Crippen LogP contribution in [0, 0.1) is 0 Å². The molecule has 0 aliphatic carbocycles. The molecule has 1 aromatic carbocycles. The Morgan fingerprint density at radius 1 is 1.46 bits per heavy atom. The Morgan fingerprint density at radius 3 is 2.46 bits per heavy atom. The molecule has 0 saturated carbocycles. The zero-order valence-corrected chi connectivity index (χ0v) is 9.87. The van der Waals surface area contributed by atoms with Gasteiger partial charge in [0.25, 0.3) is 0 Å². The summed E-state index contributed by atoms with van der Waals surface area (Å²) in [5, 5.41) is 0.654. The molecule has 0 bridgehead atoms. The minimum absolute atomic E-state index is 0.0208. The van der Waals surface area contributed by atoms with Gasteiger partial charge in [0, 0.05) is 27.6 Å². The van der Waals surface area contributed by atoms with E-state index in [0.717, 1.165) is 0 Å². The first-order chi connectivity index (χ1) is 6.09. The molecule has 0 heterocycles. The Bertz CT molecular complexity index is 297. The van der Waals surface area contributed by atoms with Crippen LogP contribution in [0.15, 0.2) is 24.3 Å². The minimum Gasteiger partial charge on any atom is -0.482 e. The second-order valence-corrected chi connectivity index (χ2v) is 4.02. The van der Waals surface area contributed by atoms with Crippen LogP contribution in [0.2, 0.25) is 5.02 Å². The fourth-order valence-electron chi connectivity index (χ4n) is 0.764. The molecule has 0 radical (unpaired) electrons. The highest BCUT2D eigenvalue weighted by molar-refractivity contribution is 14.1. The van der Waals surface area contributed by atoms with E-state index in [2.05, 4.69) is 0 Å². The Morgan fingerprint density at radius 2 is 2.00 bits per heavy atom. The third-order valence-corrected chi connectivity index (χ3v) is 2.58. The van der Waals surface area contributed by atoms with Crippen LogP contribution in [0.25, 0.3) is 0 Å². The largest absolute Gasteiger partial charge is 0.482 e. The van der Waals surface area contributed by atoms with Crippen LogP contribution >= 0.6 is 34.2 Å². The van der Waals surface area contributed by atoms with E-state index in [-0.39, 0.29) is 3.79 Å². The molecule has 0 fully saturated rings. The van der Waals surface area contributed by atoms with Crippen LogP contribution in [-0.4, -0.2) is 9.89 Å². The lowest BCUT2D eigenvalue weighted by Gasteiger charge is -2.10. The van der Waals surface area contributed by atoms with Crippen molar-refractivity contribution in [1.82, 2.24) is 0 Å². The van der Waals surface area contributed by atoms with Gasteiger partial charge < -0.3 is 4.74 Å². The van der Waals surface area contributed by atoms with Crippen molar-refractivity contribution in [3.8, 4) is 5.75 Å². The van der Waals surface area contributed by atoms with Crippen molar-refractivity contribution in [3.63, 3.8) is 0 Å². The molecule has 1 rings (SSSR count). The maximum absolute atomic E-state index is 10.9. The maximum Gasteiger partial charge on any atom is 0.232 e. The van der Waals surface area contributed by atoms with E-state index in [0.29, 0.717) is 10.8 Å². The molecule has 1 aromatic rings. The summed E-state index contributed by atoms with van der Waals surface area (Å²) in [7, 11) is 0. The Kier molecular flexibility index (Phi) is 3.99. The zero-order chi connectivity index (χ0) is 9.84. The average molecular weight is 311 g/mol. The first kappa shape index (κ1) is 10.8. The van der Waals surface area contributed by atoms with Crippen LogP contribution in [0.3, 0.4) is 0 Å². The lowest BCUT2D eigenvalue weighted by atomic mass is 10.3. The van der Waals surface area contributed by atoms with Crippen molar-refractivity contribution in [1.29, 1.82) is 0 Å². The van der Waals surface area contributed by atoms with Crippen LogP contribution in [0.1, 0.15) is 6.92 Å². The summed E-state index contributed by atoms with van der Waals surface area (Å²) in [5.41, 5.74) is 0. The fraction of sp³-hybridized carbons (Fsp3) is 0.222. The first-order valence-electron chi connectivity index (χ1n) is 3.71. The highest BCUT2D eigenvalue weighted by Gasteiger charge is 2.09. The fourth-order valence-corrected chi connectivity index (χ4v) is 1.02. The first-order valence-corrected chi connectivity index (χ1v) is 5.17. The Balaban J connectivity index is 2.64. The lowest BCUT2D eigenvalue weighted by Crippen LogP contribution is -2.18. The van der Waals surface area contributed by atoms with Crippen LogP contribution < -0.4 is 4.74 Å². The summed E-state index contributed by atoms with van der Waals surface area (Å²) in [4.78, 5) is 10.9. The molecular formula is C9H8ClIO2. The quantitative estimate of drug-likeness (QED) is 0.633. The van der Waals surface area contributed by atoms with Gasteiger partial charge in [0.2, 0.25) is 3.79 Å². The van der Waals surface area contributed by atoms with Crippen LogP contribution in [-0.2, 0) is 4.79 Å². The number of benzene rings is 1. The lowest BCUT2D eigenvalue weighted by molar-refractivity contribution is -0.114. The van der Waals surface area contributed by atoms with E-state index < -0.39 is 6.10 Å². The van der Waals surface area contributed by atoms with Gasteiger partial charge in [0.15, 0.2) is 6.10 Å². The topological polar surface area (TPSA) is 26.3 Å². The number of carbonyl (C=O) groups is 1. The molecule has 1 atom stereocenters. The standard InChI is InChI=1S/C9H8ClIO2/c1-6(9(11)12)13-8-4-2-7(10)3-5-8/h2-6H,1H3. The smallest absolute Gasteiger partial charge is 0.232 e. The van der Waals surface area contributed by atoms with Crippen LogP contribution in [0.5, 0.6) is 5.75 Å². The normalized spacial score (nSPS) is 12.2. The molecule has 0 amide bonds. The predicted octanol–water partition coefficient (Wildman–Crippen LogP) is 3.07. The number of carbonyl (C=O) groups excluding carboxylic acids is 1. The van der Waals surface area contributed by atoms with Crippen molar-refractivity contribution >= 4 is 38.0 Å². The maximum atomic E-state index is 10.9. The number of hydrogen-bond acceptors (Lipinski definition) is 2. The monoisotopic (exact) mass is 310 g/mol. The highest BCUT2D eigenvalue weighted by Crippen LogP contribution is 2.17. The molecule has 0 aliphatic rings. The molecule has 13 heavy (non-hydrogen) atoms. The van der Waals surface area contributed by atoms with E-state index in [1.54, 1.807) is 53.8 Å². The van der Waals surface area contributed by atoms with Gasteiger partial charge in [-0.2, -0.15) is 0 Å². The molecule has 0 aliphatic heterocycles. The van der Waals surface area contributed by atoms with E-state index in [1.165, 1.54) is 0 Å². The van der Waals surface area contributed by atoms with Crippen LogP contribution in [0.4, 0.5) is 0 Å². The summed E-state index contributed by atoms with van der Waals surface area (Å²) in [6.45, 7) is 1.71. The van der Waals surface area contributed by atoms with E-state index in [9.17, 15) is 4.79 Å². The Labute approximate surface area is 95.4 Å². The third kappa shape index (κ3) is 3.52. The van der Waals surface area contributed by atoms with Gasteiger partial charge in [-0.3, -0.25) is 4.79 Å². The highest BCUT2D eigenvalue weighted by atomic mass is 127. The molecule has 0 aromatic heterocycles. The summed E-state index contributed by atoms with van der Waals surface area (Å²) in [6.07, 6.45) is -0.415. The van der Waals surface area contributed by atoms with E-state index >= 15 is 0 Å². The summed E-state index contributed by atoms with van der Waals surface area (Å²) < 4.78 is 5.29. The zero-order valence-electron chi connectivity index (χ0n) is 6.96. The van der Waals surface area contributed by atoms with Crippen molar-refractivity contribution in [2.75, 3.05) is 0 Å². The molecule has 70 valence electrons. The van der Waals surface area contributed by atoms with E-state index in [1.807, 2.05) is 0 Å². The van der Waals surface area contributed by atoms with Gasteiger partial charge in [0.1, 0.15) is 5.75 Å². The predicted molar refractivity (Wildman–Crippen MR) is 60.6 cm³/mol. The second kappa shape index (κ2) is 4.81. The number of ether oxygens (including phenoxy) is 1. The number of hydrogen-bond donors (Lipinski definition) is 0. The minimum atomic E-state index is -0.415. The van der Waals surface area contributed by atoms with Gasteiger partial charge >= 0.3 is 0 Å². The van der Waals surface area contributed by atoms with Gasteiger partial charge in [0.05, 0.1) is 0 Å². The average Bonchev–Trinajstić information content (AvgIpc) is 2.08. The van der Waals surface area contributed by atoms with Crippen molar-refractivity contribution in [3.05, 3.63) is 29.3 Å². The molecular weight excluding hydrogens is 302 g/mol. The molecule has 0 spiro atoms. The summed E-state index contributed by atoms with van der Waals surface area (Å²) in [5.74, 6) is 0.655. The second-order valence-electron chi connectivity index (χ2n) is 2.52. The Hall–Kier alpha value is -0.290. The summed E-state index contributed by atoms with van der Waals surface area (Å²) >= 11 is 7.40. The molecule has 1 unspecified atom stereocenters. The van der Waals surface area contributed by atoms with Crippen molar-refractivity contribution in [2.45, 2.75) is 13.0 Å². The van der Waals surface area contributed by atoms with Gasteiger partial charge in [-0.05, 0) is 31.2 Å². The molecule has 0 saturated heterocycles. The van der Waals surface area contributed by atoms with Crippen molar-refractivity contribution < 1.29 is 9.53 Å². The molecule has 2 nitrogen and oxygen atoms in total. The van der Waals surface area contributed by atoms with Crippen molar-refractivity contribution in [2.24, 2.45) is 0 Å².